The van der Waals surface area contributed by atoms with Gasteiger partial charge in [0.25, 0.3) is 0 Å². The quantitative estimate of drug-likeness (QED) is 0.745. The van der Waals surface area contributed by atoms with Crippen molar-refractivity contribution in [1.29, 1.82) is 0 Å². The number of benzene rings is 2. The Morgan fingerprint density at radius 2 is 1.58 bits per heavy atom. The van der Waals surface area contributed by atoms with Gasteiger partial charge < -0.3 is 4.74 Å². The van der Waals surface area contributed by atoms with Gasteiger partial charge in [0.15, 0.2) is 17.4 Å². The Bertz CT molecular complexity index is 544. The number of hydrogen-bond acceptors (Lipinski definition) is 1. The topological polar surface area (TPSA) is 9.23 Å². The van der Waals surface area contributed by atoms with Crippen LogP contribution in [-0.2, 0) is 12.5 Å². The van der Waals surface area contributed by atoms with E-state index in [4.69, 9.17) is 16.3 Å². The van der Waals surface area contributed by atoms with Crippen molar-refractivity contribution in [3.05, 3.63) is 64.7 Å². The first-order valence-electron chi connectivity index (χ1n) is 5.82. The summed E-state index contributed by atoms with van der Waals surface area (Å²) >= 11 is 5.54. The van der Waals surface area contributed by atoms with Crippen molar-refractivity contribution in [2.75, 3.05) is 0 Å². The van der Waals surface area contributed by atoms with Crippen molar-refractivity contribution in [2.45, 2.75) is 19.4 Å². The van der Waals surface area contributed by atoms with Crippen LogP contribution in [0.15, 0.2) is 36.4 Å². The zero-order valence-electron chi connectivity index (χ0n) is 10.4. The molecule has 0 amide bonds. The predicted octanol–water partition coefficient (Wildman–Crippen LogP) is 4.59. The second kappa shape index (κ2) is 6.02. The van der Waals surface area contributed by atoms with Gasteiger partial charge in [-0.3, -0.25) is 0 Å². The summed E-state index contributed by atoms with van der Waals surface area (Å²) in [6, 6.07) is 9.92. The van der Waals surface area contributed by atoms with Crippen molar-refractivity contribution in [1.82, 2.24) is 0 Å². The zero-order chi connectivity index (χ0) is 13.8. The first-order chi connectivity index (χ1) is 9.10. The third-order valence-electron chi connectivity index (χ3n) is 2.72. The molecule has 0 saturated heterocycles. The maximum atomic E-state index is 13.6. The number of hydrogen-bond donors (Lipinski definition) is 0. The fraction of sp³-hybridized carbons (Fsp3) is 0.200. The molecular weight excluding hydrogens is 270 g/mol. The number of aryl methyl sites for hydroxylation is 1. The minimum absolute atomic E-state index is 0.0616. The summed E-state index contributed by atoms with van der Waals surface area (Å²) in [5.41, 5.74) is 2.36. The SMILES string of the molecule is Cc1ccc(COc2c(F)cc(CCl)cc2F)cc1. The third kappa shape index (κ3) is 3.44. The van der Waals surface area contributed by atoms with Crippen LogP contribution >= 0.6 is 11.6 Å². The molecule has 0 saturated carbocycles. The first kappa shape index (κ1) is 13.8. The molecular formula is C15H13ClF2O. The van der Waals surface area contributed by atoms with Gasteiger partial charge in [-0.2, -0.15) is 0 Å². The van der Waals surface area contributed by atoms with Crippen LogP contribution in [0.25, 0.3) is 0 Å². The normalized spacial score (nSPS) is 10.5. The largest absolute Gasteiger partial charge is 0.483 e. The van der Waals surface area contributed by atoms with Gasteiger partial charge in [0.1, 0.15) is 6.61 Å². The fourth-order valence-corrected chi connectivity index (χ4v) is 1.82. The summed E-state index contributed by atoms with van der Waals surface area (Å²) < 4.78 is 32.5. The lowest BCUT2D eigenvalue weighted by Crippen LogP contribution is -2.01. The molecule has 2 aromatic carbocycles. The molecule has 0 aromatic heterocycles. The number of ether oxygens (including phenoxy) is 1. The van der Waals surface area contributed by atoms with Gasteiger partial charge in [-0.05, 0) is 30.2 Å². The highest BCUT2D eigenvalue weighted by Crippen LogP contribution is 2.25. The van der Waals surface area contributed by atoms with E-state index in [9.17, 15) is 8.78 Å². The summed E-state index contributed by atoms with van der Waals surface area (Å²) in [6.45, 7) is 2.09. The summed E-state index contributed by atoms with van der Waals surface area (Å²) in [5.74, 6) is -1.77. The van der Waals surface area contributed by atoms with Crippen LogP contribution in [0.1, 0.15) is 16.7 Å². The molecule has 100 valence electrons. The van der Waals surface area contributed by atoms with Crippen LogP contribution in [0, 0.1) is 18.6 Å². The zero-order valence-corrected chi connectivity index (χ0v) is 11.2. The average molecular weight is 283 g/mol. The summed E-state index contributed by atoms with van der Waals surface area (Å²) in [5, 5.41) is 0. The van der Waals surface area contributed by atoms with Gasteiger partial charge in [0.2, 0.25) is 0 Å². The van der Waals surface area contributed by atoms with E-state index in [2.05, 4.69) is 0 Å². The Morgan fingerprint density at radius 3 is 2.11 bits per heavy atom. The van der Waals surface area contributed by atoms with Crippen LogP contribution < -0.4 is 4.74 Å². The molecule has 0 heterocycles. The summed E-state index contributed by atoms with van der Waals surface area (Å²) in [4.78, 5) is 0. The lowest BCUT2D eigenvalue weighted by molar-refractivity contribution is 0.274. The first-order valence-corrected chi connectivity index (χ1v) is 6.36. The number of halogens is 3. The molecule has 0 aliphatic carbocycles. The van der Waals surface area contributed by atoms with Crippen LogP contribution in [0.2, 0.25) is 0 Å². The van der Waals surface area contributed by atoms with Crippen molar-refractivity contribution >= 4 is 11.6 Å². The Balaban J connectivity index is 2.13. The van der Waals surface area contributed by atoms with Gasteiger partial charge in [0, 0.05) is 5.88 Å². The summed E-state index contributed by atoms with van der Waals surface area (Å²) in [6.07, 6.45) is 0. The number of rotatable bonds is 4. The molecule has 0 aliphatic heterocycles. The van der Waals surface area contributed by atoms with Crippen molar-refractivity contribution in [2.24, 2.45) is 0 Å². The van der Waals surface area contributed by atoms with E-state index in [1.807, 2.05) is 31.2 Å². The molecule has 0 bridgehead atoms. The van der Waals surface area contributed by atoms with Crippen LogP contribution in [0.3, 0.4) is 0 Å². The number of alkyl halides is 1. The van der Waals surface area contributed by atoms with Crippen LogP contribution in [0.4, 0.5) is 8.78 Å². The highest BCUT2D eigenvalue weighted by Gasteiger charge is 2.12. The van der Waals surface area contributed by atoms with E-state index in [0.29, 0.717) is 5.56 Å². The second-order valence-electron chi connectivity index (χ2n) is 4.30. The highest BCUT2D eigenvalue weighted by molar-refractivity contribution is 6.17. The van der Waals surface area contributed by atoms with Gasteiger partial charge in [-0.25, -0.2) is 8.78 Å². The monoisotopic (exact) mass is 282 g/mol. The maximum Gasteiger partial charge on any atom is 0.191 e. The van der Waals surface area contributed by atoms with E-state index in [0.717, 1.165) is 11.1 Å². The lowest BCUT2D eigenvalue weighted by atomic mass is 10.2. The molecule has 0 unspecified atom stereocenters. The van der Waals surface area contributed by atoms with E-state index in [1.165, 1.54) is 12.1 Å². The molecule has 2 rings (SSSR count). The van der Waals surface area contributed by atoms with Crippen molar-refractivity contribution < 1.29 is 13.5 Å². The Kier molecular flexibility index (Phi) is 4.38. The molecule has 19 heavy (non-hydrogen) atoms. The van der Waals surface area contributed by atoms with Crippen molar-refractivity contribution in [3.8, 4) is 5.75 Å². The molecule has 2 aromatic rings. The van der Waals surface area contributed by atoms with E-state index >= 15 is 0 Å². The second-order valence-corrected chi connectivity index (χ2v) is 4.56. The molecule has 0 radical (unpaired) electrons. The lowest BCUT2D eigenvalue weighted by Gasteiger charge is -2.09. The van der Waals surface area contributed by atoms with E-state index < -0.39 is 11.6 Å². The third-order valence-corrected chi connectivity index (χ3v) is 3.02. The van der Waals surface area contributed by atoms with Gasteiger partial charge in [-0.1, -0.05) is 29.8 Å². The standard InChI is InChI=1S/C15H13ClF2O/c1-10-2-4-11(5-3-10)9-19-15-13(17)6-12(8-16)7-14(15)18/h2-7H,8-9H2,1H3. The Labute approximate surface area is 115 Å². The smallest absolute Gasteiger partial charge is 0.191 e. The predicted molar refractivity (Wildman–Crippen MR) is 71.4 cm³/mol. The highest BCUT2D eigenvalue weighted by atomic mass is 35.5. The van der Waals surface area contributed by atoms with Crippen molar-refractivity contribution in [3.63, 3.8) is 0 Å². The molecule has 0 fully saturated rings. The molecule has 1 nitrogen and oxygen atoms in total. The average Bonchev–Trinajstić information content (AvgIpc) is 2.39. The molecule has 0 aliphatic rings. The molecule has 0 spiro atoms. The molecule has 0 N–H and O–H groups in total. The van der Waals surface area contributed by atoms with Gasteiger partial charge in [0.05, 0.1) is 0 Å². The van der Waals surface area contributed by atoms with Gasteiger partial charge in [-0.15, -0.1) is 11.6 Å². The van der Waals surface area contributed by atoms with E-state index in [1.54, 1.807) is 0 Å². The molecule has 4 heteroatoms. The molecule has 0 atom stereocenters. The van der Waals surface area contributed by atoms with Crippen LogP contribution in [-0.4, -0.2) is 0 Å². The van der Waals surface area contributed by atoms with E-state index in [-0.39, 0.29) is 18.2 Å². The fourth-order valence-electron chi connectivity index (χ4n) is 1.67. The van der Waals surface area contributed by atoms with Crippen LogP contribution in [0.5, 0.6) is 5.75 Å². The van der Waals surface area contributed by atoms with Gasteiger partial charge >= 0.3 is 0 Å². The minimum atomic E-state index is -0.734. The Morgan fingerprint density at radius 1 is 1.00 bits per heavy atom. The minimum Gasteiger partial charge on any atom is -0.483 e. The Hall–Kier alpha value is -1.61. The summed E-state index contributed by atoms with van der Waals surface area (Å²) in [7, 11) is 0. The maximum absolute atomic E-state index is 13.6.